The lowest BCUT2D eigenvalue weighted by atomic mass is 9.93. The van der Waals surface area contributed by atoms with Crippen LogP contribution in [0, 0.1) is 5.95 Å². The molecule has 3 aromatic rings. The molecule has 2 aromatic carbocycles. The molecular formula is C31H36FN5O2S. The standard InChI is InChI=1S/C31H36FN5O2S/c1-39-24-7-10-36(11-8-24)19-23-17-20(3-5-28(23)37-12-14-40-15-13-37)26-18-27(30(33)35-29(26)32)21-2-4-25-22(16-21)6-9-34-31(25)38/h2-5,16-18,24H,6-15,19H2,1H3,(H2,33,35)(H,34,38). The molecule has 40 heavy (non-hydrogen) atoms. The molecule has 1 aromatic heterocycles. The molecule has 2 saturated heterocycles. The van der Waals surface area contributed by atoms with Crippen LogP contribution in [0.4, 0.5) is 15.9 Å². The molecule has 0 bridgehead atoms. The molecule has 6 rings (SSSR count). The van der Waals surface area contributed by atoms with Gasteiger partial charge in [0.1, 0.15) is 5.82 Å². The van der Waals surface area contributed by atoms with Crippen LogP contribution in [0.15, 0.2) is 42.5 Å². The van der Waals surface area contributed by atoms with E-state index >= 15 is 4.39 Å². The van der Waals surface area contributed by atoms with E-state index < -0.39 is 5.95 Å². The van der Waals surface area contributed by atoms with Crippen LogP contribution in [-0.4, -0.2) is 73.2 Å². The van der Waals surface area contributed by atoms with Crippen molar-refractivity contribution in [3.8, 4) is 22.3 Å². The molecule has 4 heterocycles. The predicted molar refractivity (Wildman–Crippen MR) is 160 cm³/mol. The summed E-state index contributed by atoms with van der Waals surface area (Å²) in [7, 11) is 1.79. The fourth-order valence-electron chi connectivity index (χ4n) is 6.07. The summed E-state index contributed by atoms with van der Waals surface area (Å²) in [5.41, 5.74) is 13.1. The number of hydrogen-bond donors (Lipinski definition) is 2. The maximum Gasteiger partial charge on any atom is 0.251 e. The number of halogens is 1. The zero-order valence-corrected chi connectivity index (χ0v) is 23.7. The second kappa shape index (κ2) is 11.8. The van der Waals surface area contributed by atoms with Gasteiger partial charge in [0.05, 0.1) is 6.10 Å². The van der Waals surface area contributed by atoms with Gasteiger partial charge in [-0.2, -0.15) is 16.2 Å². The van der Waals surface area contributed by atoms with E-state index in [0.29, 0.717) is 29.3 Å². The number of hydrogen-bond acceptors (Lipinski definition) is 7. The number of aromatic nitrogens is 1. The SMILES string of the molecule is COC1CCN(Cc2cc(-c3cc(-c4ccc5c(c4)CCNC5=O)c(N)nc3F)ccc2N2CCSCC2)CC1. The Morgan fingerprint density at radius 3 is 2.55 bits per heavy atom. The summed E-state index contributed by atoms with van der Waals surface area (Å²) in [5.74, 6) is 1.73. The molecule has 0 aliphatic carbocycles. The molecule has 0 radical (unpaired) electrons. The van der Waals surface area contributed by atoms with Gasteiger partial charge in [-0.3, -0.25) is 9.69 Å². The molecule has 0 unspecified atom stereocenters. The van der Waals surface area contributed by atoms with Crippen LogP contribution in [-0.2, 0) is 17.7 Å². The van der Waals surface area contributed by atoms with Crippen molar-refractivity contribution in [2.24, 2.45) is 0 Å². The average molecular weight is 562 g/mol. The topological polar surface area (TPSA) is 83.7 Å². The number of nitrogens with zero attached hydrogens (tertiary/aromatic N) is 3. The van der Waals surface area contributed by atoms with E-state index in [2.05, 4.69) is 32.2 Å². The van der Waals surface area contributed by atoms with Gasteiger partial charge < -0.3 is 20.7 Å². The van der Waals surface area contributed by atoms with Crippen LogP contribution in [0.2, 0.25) is 0 Å². The number of benzene rings is 2. The maximum atomic E-state index is 15.4. The maximum absolute atomic E-state index is 15.4. The highest BCUT2D eigenvalue weighted by molar-refractivity contribution is 7.99. The highest BCUT2D eigenvalue weighted by Gasteiger charge is 2.23. The van der Waals surface area contributed by atoms with Gasteiger partial charge in [0.2, 0.25) is 5.95 Å². The number of thioether (sulfide) groups is 1. The van der Waals surface area contributed by atoms with Crippen LogP contribution in [0.1, 0.15) is 34.3 Å². The fourth-order valence-corrected chi connectivity index (χ4v) is 6.97. The Morgan fingerprint density at radius 1 is 1.02 bits per heavy atom. The van der Waals surface area contributed by atoms with Crippen molar-refractivity contribution in [3.63, 3.8) is 0 Å². The first-order chi connectivity index (χ1) is 19.5. The van der Waals surface area contributed by atoms with Gasteiger partial charge in [0.15, 0.2) is 0 Å². The smallest absolute Gasteiger partial charge is 0.251 e. The number of amides is 1. The lowest BCUT2D eigenvalue weighted by Gasteiger charge is -2.34. The van der Waals surface area contributed by atoms with Crippen LogP contribution in [0.25, 0.3) is 22.3 Å². The van der Waals surface area contributed by atoms with E-state index in [1.54, 1.807) is 7.11 Å². The molecule has 3 N–H and O–H groups in total. The minimum Gasteiger partial charge on any atom is -0.383 e. The lowest BCUT2D eigenvalue weighted by Crippen LogP contribution is -2.37. The van der Waals surface area contributed by atoms with Gasteiger partial charge in [-0.15, -0.1) is 0 Å². The molecule has 3 aliphatic rings. The summed E-state index contributed by atoms with van der Waals surface area (Å²) < 4.78 is 21.0. The van der Waals surface area contributed by atoms with Gasteiger partial charge in [-0.05, 0) is 65.8 Å². The molecule has 3 aliphatic heterocycles. The number of ether oxygens (including phenoxy) is 1. The molecular weight excluding hydrogens is 525 g/mol. The van der Waals surface area contributed by atoms with Crippen molar-refractivity contribution in [2.75, 3.05) is 62.0 Å². The zero-order chi connectivity index (χ0) is 27.6. The van der Waals surface area contributed by atoms with Crippen molar-refractivity contribution in [3.05, 3.63) is 65.1 Å². The lowest BCUT2D eigenvalue weighted by molar-refractivity contribution is 0.0389. The summed E-state index contributed by atoms with van der Waals surface area (Å²) in [6.45, 7) is 5.41. The number of piperidine rings is 1. The number of anilines is 2. The monoisotopic (exact) mass is 561 g/mol. The second-order valence-corrected chi connectivity index (χ2v) is 12.0. The minimum absolute atomic E-state index is 0.0648. The number of carbonyl (C=O) groups is 1. The number of pyridine rings is 1. The van der Waals surface area contributed by atoms with Crippen LogP contribution in [0.3, 0.4) is 0 Å². The van der Waals surface area contributed by atoms with E-state index in [0.717, 1.165) is 80.2 Å². The van der Waals surface area contributed by atoms with Crippen molar-refractivity contribution in [1.82, 2.24) is 15.2 Å². The number of nitrogen functional groups attached to an aromatic ring is 1. The van der Waals surface area contributed by atoms with Crippen LogP contribution in [0.5, 0.6) is 0 Å². The largest absolute Gasteiger partial charge is 0.383 e. The van der Waals surface area contributed by atoms with Gasteiger partial charge in [-0.1, -0.05) is 18.2 Å². The first-order valence-electron chi connectivity index (χ1n) is 14.1. The number of nitrogens with one attached hydrogen (secondary N) is 1. The number of methoxy groups -OCH3 is 1. The van der Waals surface area contributed by atoms with E-state index in [9.17, 15) is 4.79 Å². The molecule has 2 fully saturated rings. The number of rotatable bonds is 6. The molecule has 0 spiro atoms. The molecule has 1 amide bonds. The third-order valence-corrected chi connectivity index (χ3v) is 9.29. The summed E-state index contributed by atoms with van der Waals surface area (Å²) in [4.78, 5) is 21.3. The molecule has 7 nitrogen and oxygen atoms in total. The van der Waals surface area contributed by atoms with Gasteiger partial charge in [-0.25, -0.2) is 4.98 Å². The van der Waals surface area contributed by atoms with Crippen molar-refractivity contribution < 1.29 is 13.9 Å². The van der Waals surface area contributed by atoms with E-state index in [1.165, 1.54) is 11.3 Å². The van der Waals surface area contributed by atoms with Gasteiger partial charge >= 0.3 is 0 Å². The highest BCUT2D eigenvalue weighted by Crippen LogP contribution is 2.36. The Bertz CT molecular complexity index is 1400. The fraction of sp³-hybridized carbons (Fsp3) is 0.419. The first kappa shape index (κ1) is 27.1. The molecule has 0 atom stereocenters. The summed E-state index contributed by atoms with van der Waals surface area (Å²) >= 11 is 1.99. The third-order valence-electron chi connectivity index (χ3n) is 8.35. The predicted octanol–water partition coefficient (Wildman–Crippen LogP) is 4.59. The Morgan fingerprint density at radius 2 is 1.77 bits per heavy atom. The third kappa shape index (κ3) is 5.55. The number of carbonyl (C=O) groups excluding carboxylic acids is 1. The molecule has 210 valence electrons. The number of nitrogens with two attached hydrogens (primary N) is 1. The highest BCUT2D eigenvalue weighted by atomic mass is 32.2. The quantitative estimate of drug-likeness (QED) is 0.426. The van der Waals surface area contributed by atoms with Crippen LogP contribution < -0.4 is 16.0 Å². The summed E-state index contributed by atoms with van der Waals surface area (Å²) in [6, 6.07) is 13.8. The molecule has 9 heteroatoms. The zero-order valence-electron chi connectivity index (χ0n) is 22.9. The van der Waals surface area contributed by atoms with Gasteiger partial charge in [0.25, 0.3) is 5.91 Å². The minimum atomic E-state index is -0.576. The van der Waals surface area contributed by atoms with E-state index in [4.69, 9.17) is 10.5 Å². The second-order valence-electron chi connectivity index (χ2n) is 10.8. The Hall–Kier alpha value is -3.14. The summed E-state index contributed by atoms with van der Waals surface area (Å²) in [6.07, 6.45) is 3.12. The Labute approximate surface area is 239 Å². The normalized spacial score (nSPS) is 18.4. The summed E-state index contributed by atoms with van der Waals surface area (Å²) in [5, 5.41) is 2.87. The number of fused-ring (bicyclic) bond motifs is 1. The van der Waals surface area contributed by atoms with Crippen LogP contribution >= 0.6 is 11.8 Å². The van der Waals surface area contributed by atoms with E-state index in [-0.39, 0.29) is 11.7 Å². The average Bonchev–Trinajstić information content (AvgIpc) is 2.98. The number of likely N-dealkylation sites (tertiary alicyclic amines) is 1. The van der Waals surface area contributed by atoms with Crippen molar-refractivity contribution in [2.45, 2.75) is 31.9 Å². The Balaban J connectivity index is 1.36. The van der Waals surface area contributed by atoms with Gasteiger partial charge in [0, 0.05) is 80.3 Å². The Kier molecular flexibility index (Phi) is 7.96. The van der Waals surface area contributed by atoms with Crippen molar-refractivity contribution >= 4 is 29.2 Å². The van der Waals surface area contributed by atoms with Crippen molar-refractivity contribution in [1.29, 1.82) is 0 Å². The first-order valence-corrected chi connectivity index (χ1v) is 15.2. The van der Waals surface area contributed by atoms with E-state index in [1.807, 2.05) is 42.1 Å². The molecule has 0 saturated carbocycles.